The summed E-state index contributed by atoms with van der Waals surface area (Å²) >= 11 is 2.76. The summed E-state index contributed by atoms with van der Waals surface area (Å²) in [5, 5.41) is 15.6. The lowest BCUT2D eigenvalue weighted by Crippen LogP contribution is -2.48. The standard InChI is InChI=1S/C20H22N6O4S2/c1-13-11-16(24-30-13)21-17(27)12-31-20-23-22-19(32-20)26-9-7-25(8-10-26)18(28)14-3-5-15(29-2)6-4-14/h3-6,11H,7-10,12H2,1-2H3,(H,21,24,27). The Bertz CT molecular complexity index is 1080. The third kappa shape index (κ3) is 5.37. The topological polar surface area (TPSA) is 114 Å². The van der Waals surface area contributed by atoms with E-state index in [-0.39, 0.29) is 17.6 Å². The predicted octanol–water partition coefficient (Wildman–Crippen LogP) is 2.54. The van der Waals surface area contributed by atoms with Crippen LogP contribution < -0.4 is 15.0 Å². The van der Waals surface area contributed by atoms with Crippen LogP contribution in [-0.4, -0.2) is 71.1 Å². The van der Waals surface area contributed by atoms with Gasteiger partial charge in [-0.1, -0.05) is 28.3 Å². The van der Waals surface area contributed by atoms with E-state index in [1.165, 1.54) is 23.1 Å². The maximum absolute atomic E-state index is 12.7. The number of hydrogen-bond donors (Lipinski definition) is 1. The van der Waals surface area contributed by atoms with Crippen LogP contribution in [0.25, 0.3) is 0 Å². The number of anilines is 2. The first-order valence-corrected chi connectivity index (χ1v) is 11.7. The number of carbonyl (C=O) groups is 2. The predicted molar refractivity (Wildman–Crippen MR) is 122 cm³/mol. The normalized spacial score (nSPS) is 13.8. The molecule has 32 heavy (non-hydrogen) atoms. The molecule has 3 heterocycles. The molecular formula is C20H22N6O4S2. The van der Waals surface area contributed by atoms with Gasteiger partial charge < -0.3 is 24.4 Å². The highest BCUT2D eigenvalue weighted by Gasteiger charge is 2.24. The first-order chi connectivity index (χ1) is 15.5. The summed E-state index contributed by atoms with van der Waals surface area (Å²) in [6, 6.07) is 8.79. The number of hydrogen-bond acceptors (Lipinski definition) is 10. The highest BCUT2D eigenvalue weighted by atomic mass is 32.2. The molecule has 0 unspecified atom stereocenters. The number of rotatable bonds is 7. The highest BCUT2D eigenvalue weighted by Crippen LogP contribution is 2.29. The lowest BCUT2D eigenvalue weighted by Gasteiger charge is -2.34. The van der Waals surface area contributed by atoms with Crippen LogP contribution in [0, 0.1) is 6.92 Å². The highest BCUT2D eigenvalue weighted by molar-refractivity contribution is 8.01. The monoisotopic (exact) mass is 474 g/mol. The molecule has 1 saturated heterocycles. The summed E-state index contributed by atoms with van der Waals surface area (Å²) < 4.78 is 10.8. The number of thioether (sulfide) groups is 1. The van der Waals surface area contributed by atoms with Crippen molar-refractivity contribution in [2.24, 2.45) is 0 Å². The fourth-order valence-corrected chi connectivity index (χ4v) is 4.83. The smallest absolute Gasteiger partial charge is 0.253 e. The second-order valence-corrected chi connectivity index (χ2v) is 9.20. The van der Waals surface area contributed by atoms with Gasteiger partial charge >= 0.3 is 0 Å². The zero-order valence-corrected chi connectivity index (χ0v) is 19.2. The van der Waals surface area contributed by atoms with E-state index in [4.69, 9.17) is 9.26 Å². The number of piperazine rings is 1. The fraction of sp³-hybridized carbons (Fsp3) is 0.350. The lowest BCUT2D eigenvalue weighted by molar-refractivity contribution is -0.113. The Labute approximate surface area is 192 Å². The van der Waals surface area contributed by atoms with E-state index in [0.29, 0.717) is 47.7 Å². The van der Waals surface area contributed by atoms with Crippen LogP contribution in [0.2, 0.25) is 0 Å². The minimum Gasteiger partial charge on any atom is -0.497 e. The molecule has 12 heteroatoms. The summed E-state index contributed by atoms with van der Waals surface area (Å²) in [6.07, 6.45) is 0. The summed E-state index contributed by atoms with van der Waals surface area (Å²) in [5.74, 6) is 1.77. The number of methoxy groups -OCH3 is 1. The molecule has 0 atom stereocenters. The molecule has 1 aliphatic rings. The zero-order chi connectivity index (χ0) is 22.5. The van der Waals surface area contributed by atoms with E-state index in [2.05, 4.69) is 25.6 Å². The minimum atomic E-state index is -0.189. The van der Waals surface area contributed by atoms with Gasteiger partial charge in [-0.3, -0.25) is 9.59 Å². The van der Waals surface area contributed by atoms with Gasteiger partial charge in [-0.15, -0.1) is 10.2 Å². The van der Waals surface area contributed by atoms with Crippen molar-refractivity contribution in [3.63, 3.8) is 0 Å². The van der Waals surface area contributed by atoms with Gasteiger partial charge in [-0.25, -0.2) is 0 Å². The average Bonchev–Trinajstić information content (AvgIpc) is 3.46. The maximum Gasteiger partial charge on any atom is 0.253 e. The molecule has 4 rings (SSSR count). The van der Waals surface area contributed by atoms with Gasteiger partial charge in [0.2, 0.25) is 11.0 Å². The second kappa shape index (κ2) is 10.0. The van der Waals surface area contributed by atoms with Crippen molar-refractivity contribution in [1.82, 2.24) is 20.3 Å². The molecule has 1 aromatic carbocycles. The van der Waals surface area contributed by atoms with Gasteiger partial charge in [0.25, 0.3) is 5.91 Å². The molecule has 2 aromatic heterocycles. The Kier molecular flexibility index (Phi) is 6.90. The largest absolute Gasteiger partial charge is 0.497 e. The van der Waals surface area contributed by atoms with E-state index in [0.717, 1.165) is 10.9 Å². The van der Waals surface area contributed by atoms with Crippen molar-refractivity contribution in [1.29, 1.82) is 0 Å². The average molecular weight is 475 g/mol. The van der Waals surface area contributed by atoms with Gasteiger partial charge in [0.1, 0.15) is 11.5 Å². The Morgan fingerprint density at radius 1 is 1.19 bits per heavy atom. The van der Waals surface area contributed by atoms with Crippen LogP contribution in [0.4, 0.5) is 10.9 Å². The summed E-state index contributed by atoms with van der Waals surface area (Å²) in [5.41, 5.74) is 0.646. The van der Waals surface area contributed by atoms with E-state index in [1.807, 2.05) is 4.90 Å². The molecule has 1 aliphatic heterocycles. The first-order valence-electron chi connectivity index (χ1n) is 9.89. The molecule has 1 fully saturated rings. The van der Waals surface area contributed by atoms with Crippen molar-refractivity contribution in [2.75, 3.05) is 49.3 Å². The number of amides is 2. The maximum atomic E-state index is 12.7. The third-order valence-electron chi connectivity index (χ3n) is 4.79. The van der Waals surface area contributed by atoms with Gasteiger partial charge in [0.05, 0.1) is 12.9 Å². The summed E-state index contributed by atoms with van der Waals surface area (Å²) in [4.78, 5) is 28.7. The van der Waals surface area contributed by atoms with Gasteiger partial charge in [-0.2, -0.15) is 0 Å². The molecule has 2 amide bonds. The molecule has 0 radical (unpaired) electrons. The number of aromatic nitrogens is 3. The number of nitrogens with zero attached hydrogens (tertiary/aromatic N) is 5. The molecule has 0 saturated carbocycles. The van der Waals surface area contributed by atoms with Crippen LogP contribution in [-0.2, 0) is 4.79 Å². The SMILES string of the molecule is COc1ccc(C(=O)N2CCN(c3nnc(SCC(=O)Nc4cc(C)on4)s3)CC2)cc1. The Balaban J connectivity index is 1.25. The molecule has 10 nitrogen and oxygen atoms in total. The van der Waals surface area contributed by atoms with Crippen LogP contribution >= 0.6 is 23.1 Å². The van der Waals surface area contributed by atoms with Gasteiger partial charge in [-0.05, 0) is 31.2 Å². The number of aryl methyl sites for hydroxylation is 1. The fourth-order valence-electron chi connectivity index (χ4n) is 3.14. The molecule has 3 aromatic rings. The van der Waals surface area contributed by atoms with E-state index >= 15 is 0 Å². The van der Waals surface area contributed by atoms with Crippen LogP contribution in [0.1, 0.15) is 16.1 Å². The number of carbonyl (C=O) groups excluding carboxylic acids is 2. The zero-order valence-electron chi connectivity index (χ0n) is 17.6. The van der Waals surface area contributed by atoms with Crippen molar-refractivity contribution >= 4 is 45.9 Å². The third-order valence-corrected chi connectivity index (χ3v) is 6.91. The summed E-state index contributed by atoms with van der Waals surface area (Å²) in [7, 11) is 1.60. The minimum absolute atomic E-state index is 0.00845. The van der Waals surface area contributed by atoms with Gasteiger partial charge in [0, 0.05) is 37.8 Å². The van der Waals surface area contributed by atoms with Gasteiger partial charge in [0.15, 0.2) is 10.2 Å². The first kappa shape index (κ1) is 22.1. The Morgan fingerprint density at radius 2 is 1.94 bits per heavy atom. The molecule has 0 bridgehead atoms. The van der Waals surface area contributed by atoms with Crippen molar-refractivity contribution in [3.8, 4) is 5.75 Å². The number of nitrogens with one attached hydrogen (secondary N) is 1. The van der Waals surface area contributed by atoms with Crippen LogP contribution in [0.5, 0.6) is 5.75 Å². The summed E-state index contributed by atoms with van der Waals surface area (Å²) in [6.45, 7) is 4.31. The Hall–Kier alpha value is -3.12. The van der Waals surface area contributed by atoms with Crippen molar-refractivity contribution in [2.45, 2.75) is 11.3 Å². The molecule has 1 N–H and O–H groups in total. The quantitative estimate of drug-likeness (QED) is 0.516. The number of ether oxygens (including phenoxy) is 1. The van der Waals surface area contributed by atoms with E-state index in [1.54, 1.807) is 44.4 Å². The van der Waals surface area contributed by atoms with E-state index in [9.17, 15) is 9.59 Å². The second-order valence-electron chi connectivity index (χ2n) is 7.02. The molecule has 0 aliphatic carbocycles. The molecule has 168 valence electrons. The van der Waals surface area contributed by atoms with E-state index < -0.39 is 0 Å². The Morgan fingerprint density at radius 3 is 2.59 bits per heavy atom. The van der Waals surface area contributed by atoms with Crippen LogP contribution in [0.3, 0.4) is 0 Å². The van der Waals surface area contributed by atoms with Crippen molar-refractivity contribution < 1.29 is 18.8 Å². The van der Waals surface area contributed by atoms with Crippen molar-refractivity contribution in [3.05, 3.63) is 41.7 Å². The lowest BCUT2D eigenvalue weighted by atomic mass is 10.1. The van der Waals surface area contributed by atoms with Crippen LogP contribution in [0.15, 0.2) is 39.2 Å². The number of benzene rings is 1. The molecule has 0 spiro atoms. The molecular weight excluding hydrogens is 452 g/mol.